The SMILES string of the molecule is CC(C)Cn1c([C@@H]2CCN(S(=O)(=O)c3ccc(F)c(Cl)c3)C2)nc2ccncc21. The maximum absolute atomic E-state index is 13.4. The van der Waals surface area contributed by atoms with Gasteiger partial charge in [0.25, 0.3) is 0 Å². The zero-order valence-electron chi connectivity index (χ0n) is 16.2. The molecule has 3 heterocycles. The molecule has 1 aromatic carbocycles. The first kappa shape index (κ1) is 20.3. The number of hydrogen-bond donors (Lipinski definition) is 0. The third kappa shape index (κ3) is 3.76. The molecule has 9 heteroatoms. The van der Waals surface area contributed by atoms with E-state index in [4.69, 9.17) is 16.6 Å². The third-order valence-corrected chi connectivity index (χ3v) is 7.32. The van der Waals surface area contributed by atoms with Crippen molar-refractivity contribution in [3.8, 4) is 0 Å². The van der Waals surface area contributed by atoms with Gasteiger partial charge in [0, 0.05) is 31.7 Å². The van der Waals surface area contributed by atoms with Crippen molar-refractivity contribution in [2.24, 2.45) is 5.92 Å². The fraction of sp³-hybridized carbons (Fsp3) is 0.400. The minimum atomic E-state index is -3.75. The first-order chi connectivity index (χ1) is 13.8. The molecule has 1 saturated heterocycles. The second kappa shape index (κ2) is 7.66. The molecule has 1 atom stereocenters. The van der Waals surface area contributed by atoms with Crippen LogP contribution < -0.4 is 0 Å². The van der Waals surface area contributed by atoms with Gasteiger partial charge in [0.1, 0.15) is 11.6 Å². The lowest BCUT2D eigenvalue weighted by molar-refractivity contribution is 0.462. The van der Waals surface area contributed by atoms with Gasteiger partial charge in [-0.15, -0.1) is 0 Å². The Bertz CT molecular complexity index is 1160. The molecule has 0 amide bonds. The van der Waals surface area contributed by atoms with Crippen molar-refractivity contribution in [1.29, 1.82) is 0 Å². The van der Waals surface area contributed by atoms with Crippen molar-refractivity contribution in [3.05, 3.63) is 53.3 Å². The van der Waals surface area contributed by atoms with Crippen LogP contribution in [0.2, 0.25) is 5.02 Å². The Morgan fingerprint density at radius 3 is 2.83 bits per heavy atom. The van der Waals surface area contributed by atoms with Crippen LogP contribution in [0.5, 0.6) is 0 Å². The minimum absolute atomic E-state index is 0.00410. The van der Waals surface area contributed by atoms with Crippen LogP contribution in [0.4, 0.5) is 4.39 Å². The van der Waals surface area contributed by atoms with Gasteiger partial charge < -0.3 is 4.57 Å². The van der Waals surface area contributed by atoms with Crippen molar-refractivity contribution in [2.45, 2.75) is 37.6 Å². The predicted octanol–water partition coefficient (Wildman–Crippen LogP) is 4.06. The fourth-order valence-electron chi connectivity index (χ4n) is 3.80. The zero-order valence-corrected chi connectivity index (χ0v) is 17.8. The van der Waals surface area contributed by atoms with E-state index < -0.39 is 15.8 Å². The van der Waals surface area contributed by atoms with E-state index in [1.807, 2.05) is 6.07 Å². The lowest BCUT2D eigenvalue weighted by Crippen LogP contribution is -2.29. The molecule has 0 N–H and O–H groups in total. The number of aromatic nitrogens is 3. The number of benzene rings is 1. The molecule has 0 aliphatic carbocycles. The number of nitrogens with zero attached hydrogens (tertiary/aromatic N) is 4. The van der Waals surface area contributed by atoms with E-state index in [2.05, 4.69) is 23.4 Å². The zero-order chi connectivity index (χ0) is 20.8. The molecule has 0 unspecified atom stereocenters. The van der Waals surface area contributed by atoms with E-state index in [-0.39, 0.29) is 15.8 Å². The highest BCUT2D eigenvalue weighted by Crippen LogP contribution is 2.33. The number of rotatable bonds is 5. The molecule has 3 aromatic rings. The van der Waals surface area contributed by atoms with Gasteiger partial charge in [-0.1, -0.05) is 25.4 Å². The Morgan fingerprint density at radius 1 is 1.31 bits per heavy atom. The van der Waals surface area contributed by atoms with Crippen LogP contribution in [0, 0.1) is 11.7 Å². The second-order valence-corrected chi connectivity index (χ2v) is 10.1. The highest BCUT2D eigenvalue weighted by atomic mass is 35.5. The molecule has 2 aromatic heterocycles. The van der Waals surface area contributed by atoms with Gasteiger partial charge in [0.15, 0.2) is 0 Å². The summed E-state index contributed by atoms with van der Waals surface area (Å²) in [5, 5.41) is -0.201. The summed E-state index contributed by atoms with van der Waals surface area (Å²) in [6, 6.07) is 5.38. The van der Waals surface area contributed by atoms with Gasteiger partial charge in [-0.25, -0.2) is 17.8 Å². The molecule has 0 bridgehead atoms. The predicted molar refractivity (Wildman–Crippen MR) is 110 cm³/mol. The van der Waals surface area contributed by atoms with Crippen LogP contribution in [0.25, 0.3) is 11.0 Å². The molecule has 29 heavy (non-hydrogen) atoms. The molecule has 1 aliphatic rings. The van der Waals surface area contributed by atoms with Crippen LogP contribution in [-0.4, -0.2) is 40.3 Å². The van der Waals surface area contributed by atoms with E-state index in [1.54, 1.807) is 12.4 Å². The Hall–Kier alpha value is -2.03. The lowest BCUT2D eigenvalue weighted by Gasteiger charge is -2.18. The number of pyridine rings is 1. The van der Waals surface area contributed by atoms with Gasteiger partial charge in [0.05, 0.1) is 27.1 Å². The molecule has 1 fully saturated rings. The Morgan fingerprint density at radius 2 is 2.10 bits per heavy atom. The topological polar surface area (TPSA) is 68.1 Å². The number of imidazole rings is 1. The van der Waals surface area contributed by atoms with Crippen molar-refractivity contribution >= 4 is 32.7 Å². The smallest absolute Gasteiger partial charge is 0.243 e. The number of hydrogen-bond acceptors (Lipinski definition) is 4. The average molecular weight is 437 g/mol. The second-order valence-electron chi connectivity index (χ2n) is 7.76. The summed E-state index contributed by atoms with van der Waals surface area (Å²) in [6.07, 6.45) is 4.18. The highest BCUT2D eigenvalue weighted by Gasteiger charge is 2.36. The summed E-state index contributed by atoms with van der Waals surface area (Å²) in [7, 11) is -3.75. The van der Waals surface area contributed by atoms with Crippen LogP contribution in [-0.2, 0) is 16.6 Å². The third-order valence-electron chi connectivity index (χ3n) is 5.17. The molecule has 4 rings (SSSR count). The Labute approximate surface area is 174 Å². The molecular formula is C20H22ClFN4O2S. The minimum Gasteiger partial charge on any atom is -0.326 e. The quantitative estimate of drug-likeness (QED) is 0.604. The molecule has 0 spiro atoms. The first-order valence-electron chi connectivity index (χ1n) is 9.52. The van der Waals surface area contributed by atoms with Crippen LogP contribution >= 0.6 is 11.6 Å². The van der Waals surface area contributed by atoms with E-state index >= 15 is 0 Å². The van der Waals surface area contributed by atoms with Crippen molar-refractivity contribution in [1.82, 2.24) is 18.8 Å². The van der Waals surface area contributed by atoms with Crippen LogP contribution in [0.1, 0.15) is 32.0 Å². The molecule has 1 aliphatic heterocycles. The van der Waals surface area contributed by atoms with Gasteiger partial charge in [-0.2, -0.15) is 4.31 Å². The van der Waals surface area contributed by atoms with Crippen molar-refractivity contribution < 1.29 is 12.8 Å². The number of sulfonamides is 1. The number of fused-ring (bicyclic) bond motifs is 1. The largest absolute Gasteiger partial charge is 0.326 e. The summed E-state index contributed by atoms with van der Waals surface area (Å²) < 4.78 is 43.1. The maximum atomic E-state index is 13.4. The van der Waals surface area contributed by atoms with E-state index in [0.29, 0.717) is 25.4 Å². The maximum Gasteiger partial charge on any atom is 0.243 e. The van der Waals surface area contributed by atoms with Crippen LogP contribution in [0.3, 0.4) is 0 Å². The number of halogens is 2. The molecule has 0 radical (unpaired) electrons. The molecule has 0 saturated carbocycles. The highest BCUT2D eigenvalue weighted by molar-refractivity contribution is 7.89. The summed E-state index contributed by atoms with van der Waals surface area (Å²) in [6.45, 7) is 5.76. The molecule has 6 nitrogen and oxygen atoms in total. The first-order valence-corrected chi connectivity index (χ1v) is 11.3. The van der Waals surface area contributed by atoms with Gasteiger partial charge in [-0.3, -0.25) is 4.98 Å². The Balaban J connectivity index is 1.65. The van der Waals surface area contributed by atoms with Crippen LogP contribution in [0.15, 0.2) is 41.6 Å². The Kier molecular flexibility index (Phi) is 5.35. The monoisotopic (exact) mass is 436 g/mol. The van der Waals surface area contributed by atoms with Crippen molar-refractivity contribution in [3.63, 3.8) is 0 Å². The lowest BCUT2D eigenvalue weighted by atomic mass is 10.1. The average Bonchev–Trinajstić information content (AvgIpc) is 3.29. The summed E-state index contributed by atoms with van der Waals surface area (Å²) >= 11 is 5.79. The summed E-state index contributed by atoms with van der Waals surface area (Å²) in [4.78, 5) is 9.02. The fourth-order valence-corrected chi connectivity index (χ4v) is 5.57. The normalized spacial score (nSPS) is 18.2. The van der Waals surface area contributed by atoms with Gasteiger partial charge in [-0.05, 0) is 36.6 Å². The standard InChI is InChI=1S/C20H22ClFN4O2S/c1-13(2)11-26-19-10-23-7-5-18(19)24-20(26)14-6-8-25(12-14)29(27,28)15-3-4-17(22)16(21)9-15/h3-5,7,9-10,13-14H,6,8,11-12H2,1-2H3/t14-/m1/s1. The molecule has 154 valence electrons. The van der Waals surface area contributed by atoms with E-state index in [0.717, 1.165) is 29.5 Å². The van der Waals surface area contributed by atoms with Gasteiger partial charge >= 0.3 is 0 Å². The molecular weight excluding hydrogens is 415 g/mol. The van der Waals surface area contributed by atoms with Crippen molar-refractivity contribution in [2.75, 3.05) is 13.1 Å². The summed E-state index contributed by atoms with van der Waals surface area (Å²) in [5.74, 6) is 0.637. The van der Waals surface area contributed by atoms with Gasteiger partial charge in [0.2, 0.25) is 10.0 Å². The summed E-state index contributed by atoms with van der Waals surface area (Å²) in [5.41, 5.74) is 1.82. The van der Waals surface area contributed by atoms with E-state index in [9.17, 15) is 12.8 Å². The van der Waals surface area contributed by atoms with E-state index in [1.165, 1.54) is 16.4 Å².